The fourth-order valence-electron chi connectivity index (χ4n) is 1.43. The number of benzene rings is 1. The number of hydrogen-bond donors (Lipinski definition) is 1. The number of rotatable bonds is 5. The van der Waals surface area contributed by atoms with E-state index in [-0.39, 0.29) is 5.90 Å². The van der Waals surface area contributed by atoms with E-state index in [1.807, 2.05) is 18.2 Å². The summed E-state index contributed by atoms with van der Waals surface area (Å²) in [7, 11) is 4.76. The lowest BCUT2D eigenvalue weighted by Crippen LogP contribution is -2.02. The second kappa shape index (κ2) is 6.00. The molecule has 4 heteroatoms. The Hall–Kier alpha value is -1.71. The Balaban J connectivity index is 2.78. The minimum absolute atomic E-state index is 0.268. The summed E-state index contributed by atoms with van der Waals surface area (Å²) in [6.45, 7) is 0. The lowest BCUT2D eigenvalue weighted by atomic mass is 10.1. The number of aryl methyl sites for hydroxylation is 1. The Morgan fingerprint density at radius 2 is 1.94 bits per heavy atom. The van der Waals surface area contributed by atoms with E-state index in [1.54, 1.807) is 14.2 Å². The van der Waals surface area contributed by atoms with Crippen LogP contribution in [0.3, 0.4) is 0 Å². The smallest absolute Gasteiger partial charge is 0.180 e. The predicted molar refractivity (Wildman–Crippen MR) is 62.6 cm³/mol. The van der Waals surface area contributed by atoms with Crippen LogP contribution in [0.1, 0.15) is 12.0 Å². The molecule has 0 atom stereocenters. The molecule has 0 aliphatic carbocycles. The Morgan fingerprint density at radius 1 is 1.19 bits per heavy atom. The third kappa shape index (κ3) is 3.15. The summed E-state index contributed by atoms with van der Waals surface area (Å²) in [5.41, 5.74) is 1.02. The molecule has 88 valence electrons. The van der Waals surface area contributed by atoms with Crippen molar-refractivity contribution in [3.8, 4) is 11.5 Å². The molecule has 1 aromatic carbocycles. The minimum atomic E-state index is 0.268. The maximum Gasteiger partial charge on any atom is 0.180 e. The summed E-state index contributed by atoms with van der Waals surface area (Å²) in [5, 5.41) is 7.42. The van der Waals surface area contributed by atoms with Crippen molar-refractivity contribution in [1.82, 2.24) is 0 Å². The molecule has 0 saturated carbocycles. The van der Waals surface area contributed by atoms with Crippen LogP contribution in [0.2, 0.25) is 0 Å². The first-order valence-corrected chi connectivity index (χ1v) is 5.03. The number of nitrogens with one attached hydrogen (secondary N) is 1. The maximum absolute atomic E-state index is 7.42. The molecule has 0 aliphatic heterocycles. The van der Waals surface area contributed by atoms with Crippen LogP contribution in [0.15, 0.2) is 18.2 Å². The Kier molecular flexibility index (Phi) is 4.64. The van der Waals surface area contributed by atoms with E-state index in [2.05, 4.69) is 0 Å². The van der Waals surface area contributed by atoms with E-state index < -0.39 is 0 Å². The third-order valence-electron chi connectivity index (χ3n) is 2.36. The zero-order chi connectivity index (χ0) is 12.0. The van der Waals surface area contributed by atoms with E-state index in [1.165, 1.54) is 7.11 Å². The summed E-state index contributed by atoms with van der Waals surface area (Å²) >= 11 is 0. The predicted octanol–water partition coefficient (Wildman–Crippen LogP) is 2.26. The quantitative estimate of drug-likeness (QED) is 0.615. The molecule has 0 fully saturated rings. The Morgan fingerprint density at radius 3 is 2.50 bits per heavy atom. The van der Waals surface area contributed by atoms with E-state index in [4.69, 9.17) is 19.6 Å². The highest BCUT2D eigenvalue weighted by Gasteiger charge is 2.06. The van der Waals surface area contributed by atoms with Gasteiger partial charge in [-0.2, -0.15) is 0 Å². The summed E-state index contributed by atoms with van der Waals surface area (Å²) in [6, 6.07) is 5.64. The molecule has 0 unspecified atom stereocenters. The largest absolute Gasteiger partial charge is 0.497 e. The fraction of sp³-hybridized carbons (Fsp3) is 0.417. The van der Waals surface area contributed by atoms with Gasteiger partial charge in [0.1, 0.15) is 11.5 Å². The molecule has 1 N–H and O–H groups in total. The summed E-state index contributed by atoms with van der Waals surface area (Å²) < 4.78 is 15.2. The first-order chi connectivity index (χ1) is 7.71. The molecule has 0 radical (unpaired) electrons. The van der Waals surface area contributed by atoms with E-state index in [9.17, 15) is 0 Å². The molecular weight excluding hydrogens is 206 g/mol. The van der Waals surface area contributed by atoms with Crippen LogP contribution in [-0.2, 0) is 11.2 Å². The average molecular weight is 223 g/mol. The number of hydrogen-bond acceptors (Lipinski definition) is 4. The summed E-state index contributed by atoms with van der Waals surface area (Å²) in [6.07, 6.45) is 1.26. The van der Waals surface area contributed by atoms with E-state index in [0.717, 1.165) is 17.1 Å². The third-order valence-corrected chi connectivity index (χ3v) is 2.36. The number of methoxy groups -OCH3 is 3. The second-order valence-electron chi connectivity index (χ2n) is 3.31. The van der Waals surface area contributed by atoms with Crippen molar-refractivity contribution in [3.63, 3.8) is 0 Å². The van der Waals surface area contributed by atoms with Gasteiger partial charge in [0.05, 0.1) is 21.3 Å². The zero-order valence-corrected chi connectivity index (χ0v) is 9.87. The molecule has 0 aromatic heterocycles. The van der Waals surface area contributed by atoms with Crippen LogP contribution >= 0.6 is 0 Å². The molecule has 0 heterocycles. The molecule has 0 amide bonds. The Labute approximate surface area is 95.6 Å². The van der Waals surface area contributed by atoms with Gasteiger partial charge < -0.3 is 14.2 Å². The van der Waals surface area contributed by atoms with Crippen molar-refractivity contribution in [3.05, 3.63) is 23.8 Å². The van der Waals surface area contributed by atoms with Gasteiger partial charge in [-0.15, -0.1) is 0 Å². The highest BCUT2D eigenvalue weighted by atomic mass is 16.5. The highest BCUT2D eigenvalue weighted by molar-refractivity contribution is 5.72. The van der Waals surface area contributed by atoms with Crippen LogP contribution in [-0.4, -0.2) is 27.2 Å². The SMILES string of the molecule is COC(=N)CCc1cc(OC)ccc1OC. The number of ether oxygens (including phenoxy) is 3. The lowest BCUT2D eigenvalue weighted by molar-refractivity contribution is 0.383. The standard InChI is InChI=1S/C12H17NO3/c1-14-10-5-6-11(15-2)9(8-10)4-7-12(13)16-3/h5-6,8,13H,4,7H2,1-3H3. The van der Waals surface area contributed by atoms with Gasteiger partial charge >= 0.3 is 0 Å². The van der Waals surface area contributed by atoms with Crippen LogP contribution < -0.4 is 9.47 Å². The van der Waals surface area contributed by atoms with Crippen molar-refractivity contribution in [2.75, 3.05) is 21.3 Å². The van der Waals surface area contributed by atoms with Gasteiger partial charge in [0.2, 0.25) is 0 Å². The van der Waals surface area contributed by atoms with Crippen molar-refractivity contribution < 1.29 is 14.2 Å². The monoisotopic (exact) mass is 223 g/mol. The van der Waals surface area contributed by atoms with E-state index in [0.29, 0.717) is 12.8 Å². The van der Waals surface area contributed by atoms with E-state index >= 15 is 0 Å². The van der Waals surface area contributed by atoms with Crippen LogP contribution in [0.5, 0.6) is 11.5 Å². The van der Waals surface area contributed by atoms with Gasteiger partial charge in [0.15, 0.2) is 5.90 Å². The zero-order valence-electron chi connectivity index (χ0n) is 9.87. The first-order valence-electron chi connectivity index (χ1n) is 5.03. The van der Waals surface area contributed by atoms with Gasteiger partial charge in [-0.1, -0.05) is 0 Å². The van der Waals surface area contributed by atoms with Crippen LogP contribution in [0.25, 0.3) is 0 Å². The summed E-state index contributed by atoms with van der Waals surface area (Å²) in [5.74, 6) is 1.87. The van der Waals surface area contributed by atoms with Gasteiger partial charge in [-0.25, -0.2) is 0 Å². The minimum Gasteiger partial charge on any atom is -0.497 e. The molecule has 0 saturated heterocycles. The molecule has 1 rings (SSSR count). The fourth-order valence-corrected chi connectivity index (χ4v) is 1.43. The first kappa shape index (κ1) is 12.4. The van der Waals surface area contributed by atoms with Gasteiger partial charge in [-0.3, -0.25) is 5.41 Å². The van der Waals surface area contributed by atoms with Gasteiger partial charge in [0.25, 0.3) is 0 Å². The molecular formula is C12H17NO3. The van der Waals surface area contributed by atoms with Crippen molar-refractivity contribution in [2.24, 2.45) is 0 Å². The van der Waals surface area contributed by atoms with Crippen LogP contribution in [0, 0.1) is 5.41 Å². The maximum atomic E-state index is 7.42. The van der Waals surface area contributed by atoms with Gasteiger partial charge in [-0.05, 0) is 30.2 Å². The van der Waals surface area contributed by atoms with Crippen molar-refractivity contribution in [2.45, 2.75) is 12.8 Å². The van der Waals surface area contributed by atoms with Crippen LogP contribution in [0.4, 0.5) is 0 Å². The topological polar surface area (TPSA) is 51.5 Å². The molecule has 4 nitrogen and oxygen atoms in total. The Bertz CT molecular complexity index is 363. The molecule has 1 aromatic rings. The molecule has 16 heavy (non-hydrogen) atoms. The second-order valence-corrected chi connectivity index (χ2v) is 3.31. The van der Waals surface area contributed by atoms with Crippen molar-refractivity contribution in [1.29, 1.82) is 5.41 Å². The summed E-state index contributed by atoms with van der Waals surface area (Å²) in [4.78, 5) is 0. The normalized spacial score (nSPS) is 9.69. The average Bonchev–Trinajstić information content (AvgIpc) is 2.35. The lowest BCUT2D eigenvalue weighted by Gasteiger charge is -2.10. The molecule has 0 aliphatic rings. The molecule has 0 bridgehead atoms. The van der Waals surface area contributed by atoms with Crippen molar-refractivity contribution >= 4 is 5.90 Å². The molecule has 0 spiro atoms. The van der Waals surface area contributed by atoms with Gasteiger partial charge in [0, 0.05) is 6.42 Å². The highest BCUT2D eigenvalue weighted by Crippen LogP contribution is 2.25.